The normalized spacial score (nSPS) is 18.1. The molecule has 1 atom stereocenters. The Bertz CT molecular complexity index is 197. The zero-order valence-electron chi connectivity index (χ0n) is 7.94. The summed E-state index contributed by atoms with van der Waals surface area (Å²) in [5, 5.41) is 4.30. The topological polar surface area (TPSA) is 90.2 Å². The predicted molar refractivity (Wildman–Crippen MR) is 47.3 cm³/mol. The highest BCUT2D eigenvalue weighted by Gasteiger charge is 2.55. The smallest absolute Gasteiger partial charge is 0.362 e. The van der Waals surface area contributed by atoms with Crippen molar-refractivity contribution in [3.63, 3.8) is 0 Å². The Morgan fingerprint density at radius 1 is 1.14 bits per heavy atom. The highest BCUT2D eigenvalue weighted by molar-refractivity contribution is 8.20. The van der Waals surface area contributed by atoms with E-state index in [2.05, 4.69) is 4.74 Å². The fourth-order valence-electron chi connectivity index (χ4n) is 0.539. The molecule has 0 aliphatic rings. The van der Waals surface area contributed by atoms with E-state index >= 15 is 0 Å². The van der Waals surface area contributed by atoms with E-state index < -0.39 is 28.0 Å². The van der Waals surface area contributed by atoms with Crippen molar-refractivity contribution in [3.05, 3.63) is 0 Å². The number of alkyl halides is 2. The maximum atomic E-state index is 12.8. The van der Waals surface area contributed by atoms with Crippen molar-refractivity contribution in [1.29, 1.82) is 0 Å². The monoisotopic (exact) mass is 236 g/mol. The van der Waals surface area contributed by atoms with Gasteiger partial charge in [-0.2, -0.15) is 8.78 Å². The number of hydrogen-bond donors (Lipinski definition) is 4. The molecule has 8 heteroatoms. The largest absolute Gasteiger partial charge is 0.390 e. The number of hydrogen-bond acceptors (Lipinski definition) is 5. The Balaban J connectivity index is 4.61. The molecule has 0 spiro atoms. The minimum Gasteiger partial charge on any atom is -0.362 e. The number of aliphatic hydroxyl groups is 1. The molecule has 0 aliphatic heterocycles. The lowest BCUT2D eigenvalue weighted by Crippen LogP contribution is -2.43. The standard InChI is InChI=1S/C6H14F2O5S/c1-5(2,3)13-4(9)6(7,8)14(10,11)12/h4,9-12H,1-3H3. The lowest BCUT2D eigenvalue weighted by atomic mass is 10.2. The number of aliphatic hydroxyl groups excluding tert-OH is 1. The van der Waals surface area contributed by atoms with Crippen LogP contribution in [0.5, 0.6) is 0 Å². The SMILES string of the molecule is CC(C)(C)OC(O)C(F)(F)S(O)(O)O. The Labute approximate surface area is 81.9 Å². The summed E-state index contributed by atoms with van der Waals surface area (Å²) in [4.78, 5) is 0. The van der Waals surface area contributed by atoms with E-state index in [1.807, 2.05) is 0 Å². The zero-order valence-corrected chi connectivity index (χ0v) is 8.76. The minimum absolute atomic E-state index is 1.10. The second-order valence-electron chi connectivity index (χ2n) is 3.66. The molecule has 0 radical (unpaired) electrons. The van der Waals surface area contributed by atoms with Crippen LogP contribution in [-0.4, -0.2) is 35.9 Å². The molecule has 0 amide bonds. The molecule has 0 saturated heterocycles. The summed E-state index contributed by atoms with van der Waals surface area (Å²) < 4.78 is 54.9. The van der Waals surface area contributed by atoms with Crippen LogP contribution < -0.4 is 0 Å². The number of rotatable bonds is 3. The van der Waals surface area contributed by atoms with Crippen molar-refractivity contribution in [1.82, 2.24) is 0 Å². The first-order valence-electron chi connectivity index (χ1n) is 3.62. The van der Waals surface area contributed by atoms with E-state index in [1.54, 1.807) is 0 Å². The van der Waals surface area contributed by atoms with Gasteiger partial charge in [0, 0.05) is 0 Å². The molecule has 0 aromatic carbocycles. The first-order valence-corrected chi connectivity index (χ1v) is 5.12. The summed E-state index contributed by atoms with van der Waals surface area (Å²) in [7, 11) is -5.18. The van der Waals surface area contributed by atoms with Gasteiger partial charge in [-0.3, -0.25) is 0 Å². The van der Waals surface area contributed by atoms with Gasteiger partial charge >= 0.3 is 5.25 Å². The van der Waals surface area contributed by atoms with Gasteiger partial charge < -0.3 is 23.5 Å². The Morgan fingerprint density at radius 3 is 1.71 bits per heavy atom. The van der Waals surface area contributed by atoms with Crippen LogP contribution >= 0.6 is 10.9 Å². The van der Waals surface area contributed by atoms with Crippen LogP contribution in [0.15, 0.2) is 0 Å². The summed E-state index contributed by atoms with van der Waals surface area (Å²) in [6.07, 6.45) is -2.78. The van der Waals surface area contributed by atoms with Gasteiger partial charge in [0.25, 0.3) is 0 Å². The van der Waals surface area contributed by atoms with E-state index in [9.17, 15) is 8.78 Å². The maximum Gasteiger partial charge on any atom is 0.390 e. The second-order valence-corrected chi connectivity index (χ2v) is 5.25. The van der Waals surface area contributed by atoms with Crippen LogP contribution in [0.1, 0.15) is 20.8 Å². The molecule has 0 aromatic rings. The van der Waals surface area contributed by atoms with Crippen LogP contribution in [0.2, 0.25) is 0 Å². The molecule has 0 aliphatic carbocycles. The third-order valence-corrected chi connectivity index (χ3v) is 2.05. The third kappa shape index (κ3) is 3.64. The van der Waals surface area contributed by atoms with Crippen LogP contribution in [0, 0.1) is 0 Å². The van der Waals surface area contributed by atoms with Crippen LogP contribution in [-0.2, 0) is 4.74 Å². The third-order valence-electron chi connectivity index (χ3n) is 1.12. The number of ether oxygens (including phenoxy) is 1. The highest BCUT2D eigenvalue weighted by Crippen LogP contribution is 2.53. The molecule has 5 nitrogen and oxygen atoms in total. The Hall–Kier alpha value is 0.01000. The molecular weight excluding hydrogens is 222 g/mol. The molecule has 1 unspecified atom stereocenters. The Kier molecular flexibility index (Phi) is 3.88. The average molecular weight is 236 g/mol. The average Bonchev–Trinajstić information content (AvgIpc) is 1.80. The van der Waals surface area contributed by atoms with Gasteiger partial charge in [-0.05, 0) is 20.8 Å². The molecule has 0 heterocycles. The van der Waals surface area contributed by atoms with Gasteiger partial charge in [-0.25, -0.2) is 0 Å². The van der Waals surface area contributed by atoms with Gasteiger partial charge in [0.05, 0.1) is 5.60 Å². The fourth-order valence-corrected chi connectivity index (χ4v) is 0.857. The van der Waals surface area contributed by atoms with E-state index in [0.29, 0.717) is 0 Å². The molecule has 0 saturated carbocycles. The van der Waals surface area contributed by atoms with E-state index in [-0.39, 0.29) is 0 Å². The molecule has 0 bridgehead atoms. The summed E-state index contributed by atoms with van der Waals surface area (Å²) in [6.45, 7) is 4.15. The highest BCUT2D eigenvalue weighted by atomic mass is 32.3. The molecule has 0 fully saturated rings. The molecule has 4 N–H and O–H groups in total. The van der Waals surface area contributed by atoms with Crippen LogP contribution in [0.4, 0.5) is 8.78 Å². The van der Waals surface area contributed by atoms with E-state index in [0.717, 1.165) is 0 Å². The minimum atomic E-state index is -5.18. The predicted octanol–water partition coefficient (Wildman–Crippen LogP) is 1.94. The molecule has 88 valence electrons. The second kappa shape index (κ2) is 3.87. The van der Waals surface area contributed by atoms with Crippen molar-refractivity contribution in [2.45, 2.75) is 37.9 Å². The number of halogens is 2. The maximum absolute atomic E-state index is 12.8. The van der Waals surface area contributed by atoms with Gasteiger partial charge in [0.15, 0.2) is 10.9 Å². The van der Waals surface area contributed by atoms with Gasteiger partial charge in [-0.15, -0.1) is 0 Å². The van der Waals surface area contributed by atoms with Crippen molar-refractivity contribution < 1.29 is 32.3 Å². The first-order chi connectivity index (χ1) is 5.88. The lowest BCUT2D eigenvalue weighted by molar-refractivity contribution is -0.240. The van der Waals surface area contributed by atoms with Gasteiger partial charge in [0.1, 0.15) is 0 Å². The van der Waals surface area contributed by atoms with Crippen molar-refractivity contribution in [2.24, 2.45) is 0 Å². The molecule has 0 rings (SSSR count). The molecular formula is C6H14F2O5S. The van der Waals surface area contributed by atoms with Gasteiger partial charge in [-0.1, -0.05) is 0 Å². The quantitative estimate of drug-likeness (QED) is 0.562. The van der Waals surface area contributed by atoms with Crippen molar-refractivity contribution in [3.8, 4) is 0 Å². The summed E-state index contributed by atoms with van der Waals surface area (Å²) >= 11 is 0. The van der Waals surface area contributed by atoms with E-state index in [1.165, 1.54) is 20.8 Å². The van der Waals surface area contributed by atoms with Crippen LogP contribution in [0.25, 0.3) is 0 Å². The van der Waals surface area contributed by atoms with Crippen LogP contribution in [0.3, 0.4) is 0 Å². The first kappa shape index (κ1) is 14.0. The summed E-state index contributed by atoms with van der Waals surface area (Å²) in [5.41, 5.74) is -1.10. The summed E-state index contributed by atoms with van der Waals surface area (Å²) in [5.74, 6) is 0. The fraction of sp³-hybridized carbons (Fsp3) is 1.00. The Morgan fingerprint density at radius 2 is 1.50 bits per heavy atom. The van der Waals surface area contributed by atoms with Gasteiger partial charge in [0.2, 0.25) is 6.29 Å². The molecule has 14 heavy (non-hydrogen) atoms. The van der Waals surface area contributed by atoms with Crippen molar-refractivity contribution in [2.75, 3.05) is 0 Å². The lowest BCUT2D eigenvalue weighted by Gasteiger charge is -2.35. The molecule has 0 aromatic heterocycles. The van der Waals surface area contributed by atoms with E-state index in [4.69, 9.17) is 18.8 Å². The van der Waals surface area contributed by atoms with Crippen molar-refractivity contribution >= 4 is 10.9 Å². The summed E-state index contributed by atoms with van der Waals surface area (Å²) in [6, 6.07) is 0. The zero-order chi connectivity index (χ0) is 11.8.